The second kappa shape index (κ2) is 7.43. The lowest BCUT2D eigenvalue weighted by Crippen LogP contribution is -2.11. The van der Waals surface area contributed by atoms with Crippen molar-refractivity contribution in [1.82, 2.24) is 0 Å². The molecule has 1 aromatic carbocycles. The Bertz CT molecular complexity index is 486. The van der Waals surface area contributed by atoms with Gasteiger partial charge in [0.15, 0.2) is 0 Å². The summed E-state index contributed by atoms with van der Waals surface area (Å²) in [6.07, 6.45) is 11.4. The van der Waals surface area contributed by atoms with E-state index in [1.807, 2.05) is 6.08 Å². The molecule has 0 bridgehead atoms. The quantitative estimate of drug-likeness (QED) is 0.768. The summed E-state index contributed by atoms with van der Waals surface area (Å²) in [7, 11) is 1.63. The van der Waals surface area contributed by atoms with Crippen LogP contribution in [0.2, 0.25) is 0 Å². The molecule has 2 rings (SSSR count). The van der Waals surface area contributed by atoms with Crippen LogP contribution in [0.15, 0.2) is 59.1 Å². The van der Waals surface area contributed by atoms with E-state index in [0.717, 1.165) is 10.9 Å². The van der Waals surface area contributed by atoms with Gasteiger partial charge in [-0.15, -0.1) is 0 Å². The Balaban J connectivity index is 2.10. The van der Waals surface area contributed by atoms with E-state index in [9.17, 15) is 0 Å². The fourth-order valence-electron chi connectivity index (χ4n) is 1.86. The second-order valence-electron chi connectivity index (χ2n) is 4.26. The van der Waals surface area contributed by atoms with E-state index < -0.39 is 0 Å². The molecule has 0 fully saturated rings. The topological polar surface area (TPSA) is 18.5 Å². The summed E-state index contributed by atoms with van der Waals surface area (Å²) in [6.45, 7) is 0.326. The molecule has 0 saturated heterocycles. The van der Waals surface area contributed by atoms with Crippen molar-refractivity contribution in [3.63, 3.8) is 0 Å². The first-order valence-corrected chi connectivity index (χ1v) is 7.00. The zero-order valence-corrected chi connectivity index (χ0v) is 12.5. The second-order valence-corrected chi connectivity index (χ2v) is 5.18. The molecule has 0 radical (unpaired) electrons. The number of methoxy groups -OCH3 is 1. The first kappa shape index (κ1) is 14.3. The fraction of sp³-hybridized carbons (Fsp3) is 0.250. The molecule has 0 N–H and O–H groups in total. The Kier molecular flexibility index (Phi) is 5.58. The molecule has 19 heavy (non-hydrogen) atoms. The van der Waals surface area contributed by atoms with Gasteiger partial charge >= 0.3 is 0 Å². The Labute approximate surface area is 122 Å². The van der Waals surface area contributed by atoms with Crippen LogP contribution < -0.4 is 0 Å². The molecule has 0 heterocycles. The number of hydrogen-bond acceptors (Lipinski definition) is 2. The highest BCUT2D eigenvalue weighted by Gasteiger charge is 2.05. The first-order valence-electron chi connectivity index (χ1n) is 6.21. The molecule has 0 spiro atoms. The lowest BCUT2D eigenvalue weighted by molar-refractivity contribution is -0.0541. The molecular weight excluding hydrogens is 304 g/mol. The van der Waals surface area contributed by atoms with Crippen LogP contribution in [0.3, 0.4) is 0 Å². The lowest BCUT2D eigenvalue weighted by Gasteiger charge is -2.13. The van der Waals surface area contributed by atoms with E-state index in [1.54, 1.807) is 7.11 Å². The van der Waals surface area contributed by atoms with Gasteiger partial charge in [0.2, 0.25) is 0 Å². The molecule has 100 valence electrons. The number of benzene rings is 1. The first-order chi connectivity index (χ1) is 9.29. The standard InChI is InChI=1S/C16H17BrO2/c1-18-12-19-16-6-2-4-13(5-3-7-16)14-8-10-15(17)11-9-14/h2-6,8-11,16H,7,12H2,1H3/b5-3-,6-2-,13-4+. The van der Waals surface area contributed by atoms with Gasteiger partial charge in [-0.3, -0.25) is 0 Å². The Hall–Kier alpha value is -1.16. The molecule has 2 nitrogen and oxygen atoms in total. The maximum Gasteiger partial charge on any atom is 0.147 e. The monoisotopic (exact) mass is 320 g/mol. The van der Waals surface area contributed by atoms with Crippen LogP contribution >= 0.6 is 15.9 Å². The summed E-state index contributed by atoms with van der Waals surface area (Å²) >= 11 is 3.45. The minimum Gasteiger partial charge on any atom is -0.359 e. The number of halogens is 1. The third kappa shape index (κ3) is 4.46. The van der Waals surface area contributed by atoms with E-state index in [2.05, 4.69) is 64.5 Å². The van der Waals surface area contributed by atoms with Crippen molar-refractivity contribution >= 4 is 21.5 Å². The average molecular weight is 321 g/mol. The van der Waals surface area contributed by atoms with Gasteiger partial charge in [0, 0.05) is 11.6 Å². The van der Waals surface area contributed by atoms with E-state index in [4.69, 9.17) is 9.47 Å². The summed E-state index contributed by atoms with van der Waals surface area (Å²) in [6, 6.07) is 8.32. The highest BCUT2D eigenvalue weighted by molar-refractivity contribution is 9.10. The smallest absolute Gasteiger partial charge is 0.147 e. The van der Waals surface area contributed by atoms with Crippen molar-refractivity contribution in [2.75, 3.05) is 13.9 Å². The van der Waals surface area contributed by atoms with Crippen LogP contribution in [-0.4, -0.2) is 20.0 Å². The minimum absolute atomic E-state index is 0.0823. The van der Waals surface area contributed by atoms with Crippen molar-refractivity contribution < 1.29 is 9.47 Å². The van der Waals surface area contributed by atoms with Gasteiger partial charge in [-0.05, 0) is 29.7 Å². The van der Waals surface area contributed by atoms with Gasteiger partial charge in [0.05, 0.1) is 6.10 Å². The van der Waals surface area contributed by atoms with Gasteiger partial charge in [-0.1, -0.05) is 58.4 Å². The normalized spacial score (nSPS) is 24.9. The van der Waals surface area contributed by atoms with E-state index >= 15 is 0 Å². The van der Waals surface area contributed by atoms with E-state index in [-0.39, 0.29) is 6.10 Å². The van der Waals surface area contributed by atoms with Gasteiger partial charge < -0.3 is 9.47 Å². The molecule has 1 aromatic rings. The minimum atomic E-state index is 0.0823. The molecule has 1 unspecified atom stereocenters. The summed E-state index contributed by atoms with van der Waals surface area (Å²) in [5.74, 6) is 0. The number of rotatable bonds is 4. The number of allylic oxidation sites excluding steroid dienone is 4. The molecule has 0 saturated carbocycles. The third-order valence-corrected chi connectivity index (χ3v) is 3.37. The third-order valence-electron chi connectivity index (χ3n) is 2.84. The zero-order chi connectivity index (χ0) is 13.5. The number of ether oxygens (including phenoxy) is 2. The highest BCUT2D eigenvalue weighted by Crippen LogP contribution is 2.21. The van der Waals surface area contributed by atoms with Crippen LogP contribution in [0.5, 0.6) is 0 Å². The summed E-state index contributed by atoms with van der Waals surface area (Å²) in [5.41, 5.74) is 2.41. The maximum absolute atomic E-state index is 5.53. The predicted octanol–water partition coefficient (Wildman–Crippen LogP) is 4.34. The van der Waals surface area contributed by atoms with Crippen LogP contribution in [0.4, 0.5) is 0 Å². The summed E-state index contributed by atoms with van der Waals surface area (Å²) in [4.78, 5) is 0. The van der Waals surface area contributed by atoms with Crippen LogP contribution in [0.25, 0.3) is 5.57 Å². The Morgan fingerprint density at radius 3 is 2.79 bits per heavy atom. The molecule has 1 atom stereocenters. The van der Waals surface area contributed by atoms with Crippen LogP contribution in [-0.2, 0) is 9.47 Å². The SMILES string of the molecule is COCOC1\C=C/C=C(c2ccc(Br)cc2)\C=C/C1. The van der Waals surface area contributed by atoms with Gasteiger partial charge in [0.1, 0.15) is 6.79 Å². The van der Waals surface area contributed by atoms with E-state index in [1.165, 1.54) is 11.1 Å². The van der Waals surface area contributed by atoms with Crippen molar-refractivity contribution in [3.05, 3.63) is 64.7 Å². The molecule has 1 aliphatic rings. The Morgan fingerprint density at radius 1 is 1.26 bits per heavy atom. The van der Waals surface area contributed by atoms with Gasteiger partial charge in [-0.25, -0.2) is 0 Å². The van der Waals surface area contributed by atoms with Gasteiger partial charge in [-0.2, -0.15) is 0 Å². The fourth-order valence-corrected chi connectivity index (χ4v) is 2.12. The summed E-state index contributed by atoms with van der Waals surface area (Å²) in [5, 5.41) is 0. The van der Waals surface area contributed by atoms with Crippen molar-refractivity contribution in [3.8, 4) is 0 Å². The molecule has 0 aliphatic heterocycles. The maximum atomic E-state index is 5.53. The van der Waals surface area contributed by atoms with Crippen molar-refractivity contribution in [2.24, 2.45) is 0 Å². The molecule has 0 amide bonds. The highest BCUT2D eigenvalue weighted by atomic mass is 79.9. The molecular formula is C16H17BrO2. The number of hydrogen-bond donors (Lipinski definition) is 0. The Morgan fingerprint density at radius 2 is 2.05 bits per heavy atom. The largest absolute Gasteiger partial charge is 0.359 e. The van der Waals surface area contributed by atoms with Crippen LogP contribution in [0, 0.1) is 0 Å². The molecule has 1 aliphatic carbocycles. The summed E-state index contributed by atoms with van der Waals surface area (Å²) < 4.78 is 11.5. The predicted molar refractivity (Wildman–Crippen MR) is 81.8 cm³/mol. The molecule has 0 aromatic heterocycles. The van der Waals surface area contributed by atoms with Crippen LogP contribution in [0.1, 0.15) is 12.0 Å². The lowest BCUT2D eigenvalue weighted by atomic mass is 10.0. The van der Waals surface area contributed by atoms with Crippen molar-refractivity contribution in [1.29, 1.82) is 0 Å². The van der Waals surface area contributed by atoms with Crippen molar-refractivity contribution in [2.45, 2.75) is 12.5 Å². The zero-order valence-electron chi connectivity index (χ0n) is 10.9. The van der Waals surface area contributed by atoms with E-state index in [0.29, 0.717) is 6.79 Å². The van der Waals surface area contributed by atoms with Gasteiger partial charge in [0.25, 0.3) is 0 Å². The molecule has 3 heteroatoms. The average Bonchev–Trinajstić information content (AvgIpc) is 2.39.